The van der Waals surface area contributed by atoms with Crippen molar-refractivity contribution in [3.8, 4) is 0 Å². The largest absolute Gasteiger partial charge is 0.312 e. The van der Waals surface area contributed by atoms with Gasteiger partial charge >= 0.3 is 0 Å². The monoisotopic (exact) mass is 292 g/mol. The van der Waals surface area contributed by atoms with E-state index in [9.17, 15) is 8.42 Å². The molecule has 0 unspecified atom stereocenters. The van der Waals surface area contributed by atoms with Crippen molar-refractivity contribution in [1.29, 1.82) is 0 Å². The normalized spacial score (nSPS) is 25.9. The highest BCUT2D eigenvalue weighted by Crippen LogP contribution is 2.25. The van der Waals surface area contributed by atoms with Crippen LogP contribution in [0.1, 0.15) is 32.1 Å². The summed E-state index contributed by atoms with van der Waals surface area (Å²) < 4.78 is 26.2. The lowest BCUT2D eigenvalue weighted by atomic mass is 9.86. The summed E-state index contributed by atoms with van der Waals surface area (Å²) >= 11 is 1.96. The maximum Gasteiger partial charge on any atom is 0.212 e. The minimum Gasteiger partial charge on any atom is -0.312 e. The van der Waals surface area contributed by atoms with E-state index in [0.29, 0.717) is 25.0 Å². The second-order valence-corrected chi connectivity index (χ2v) is 8.41. The summed E-state index contributed by atoms with van der Waals surface area (Å²) in [5.41, 5.74) is 0. The van der Waals surface area contributed by atoms with Crippen molar-refractivity contribution in [3.63, 3.8) is 0 Å². The number of hydrogen-bond donors (Lipinski definition) is 2. The minimum absolute atomic E-state index is 0.209. The molecule has 6 heteroatoms. The van der Waals surface area contributed by atoms with Gasteiger partial charge < -0.3 is 5.32 Å². The van der Waals surface area contributed by atoms with Crippen LogP contribution in [0.3, 0.4) is 0 Å². The molecule has 0 aromatic rings. The van der Waals surface area contributed by atoms with Gasteiger partial charge in [0.05, 0.1) is 5.75 Å². The van der Waals surface area contributed by atoms with E-state index in [1.807, 2.05) is 11.8 Å². The Balaban J connectivity index is 1.58. The molecule has 2 N–H and O–H groups in total. The van der Waals surface area contributed by atoms with E-state index in [1.54, 1.807) is 0 Å². The summed E-state index contributed by atoms with van der Waals surface area (Å²) in [6, 6.07) is 0.505. The Kier molecular flexibility index (Phi) is 5.79. The van der Waals surface area contributed by atoms with Gasteiger partial charge in [0.1, 0.15) is 0 Å². The number of sulfonamides is 1. The molecule has 2 rings (SSSR count). The van der Waals surface area contributed by atoms with Crippen LogP contribution in [0, 0.1) is 5.92 Å². The average Bonchev–Trinajstić information content (AvgIpc) is 2.28. The number of rotatable bonds is 7. The Morgan fingerprint density at radius 2 is 2.00 bits per heavy atom. The van der Waals surface area contributed by atoms with Gasteiger partial charge in [-0.3, -0.25) is 0 Å². The molecule has 2 aliphatic rings. The zero-order valence-electron chi connectivity index (χ0n) is 10.9. The predicted molar refractivity (Wildman–Crippen MR) is 77.5 cm³/mol. The van der Waals surface area contributed by atoms with Gasteiger partial charge in [-0.05, 0) is 37.4 Å². The van der Waals surface area contributed by atoms with Gasteiger partial charge in [-0.15, -0.1) is 0 Å². The maximum absolute atomic E-state index is 11.8. The van der Waals surface area contributed by atoms with Crippen LogP contribution in [0.25, 0.3) is 0 Å². The molecular weight excluding hydrogens is 268 g/mol. The first-order valence-corrected chi connectivity index (χ1v) is 9.75. The highest BCUT2D eigenvalue weighted by Gasteiger charge is 2.20. The van der Waals surface area contributed by atoms with Crippen molar-refractivity contribution in [3.05, 3.63) is 0 Å². The van der Waals surface area contributed by atoms with E-state index in [1.165, 1.54) is 37.9 Å². The highest BCUT2D eigenvalue weighted by atomic mass is 32.2. The van der Waals surface area contributed by atoms with Gasteiger partial charge in [0.25, 0.3) is 0 Å². The molecule has 1 atom stereocenters. The fourth-order valence-electron chi connectivity index (χ4n) is 2.31. The molecular formula is C12H24N2O2S2. The Morgan fingerprint density at radius 1 is 1.17 bits per heavy atom. The van der Waals surface area contributed by atoms with E-state index in [0.717, 1.165) is 5.75 Å². The molecule has 0 aromatic heterocycles. The molecule has 0 aromatic carbocycles. The standard InChI is InChI=1S/C12H24N2O2S2/c15-18(16,14-9-11-3-1-4-11)8-6-13-12-5-2-7-17-10-12/h11-14H,1-10H2/t12-/m0/s1. The van der Waals surface area contributed by atoms with Crippen molar-refractivity contribution in [1.82, 2.24) is 10.0 Å². The molecule has 4 nitrogen and oxygen atoms in total. The van der Waals surface area contributed by atoms with E-state index in [2.05, 4.69) is 10.0 Å². The first kappa shape index (κ1) is 14.6. The second-order valence-electron chi connectivity index (χ2n) is 5.33. The van der Waals surface area contributed by atoms with Gasteiger partial charge in [-0.1, -0.05) is 6.42 Å². The molecule has 1 saturated carbocycles. The first-order chi connectivity index (χ1) is 8.66. The van der Waals surface area contributed by atoms with E-state index in [4.69, 9.17) is 0 Å². The molecule has 2 fully saturated rings. The zero-order valence-corrected chi connectivity index (χ0v) is 12.5. The van der Waals surface area contributed by atoms with Crippen LogP contribution >= 0.6 is 11.8 Å². The molecule has 106 valence electrons. The smallest absolute Gasteiger partial charge is 0.212 e. The third-order valence-corrected chi connectivity index (χ3v) is 6.34. The van der Waals surface area contributed by atoms with Crippen molar-refractivity contribution in [2.75, 3.05) is 30.3 Å². The highest BCUT2D eigenvalue weighted by molar-refractivity contribution is 7.99. The molecule has 0 radical (unpaired) electrons. The van der Waals surface area contributed by atoms with Crippen molar-refractivity contribution >= 4 is 21.8 Å². The quantitative estimate of drug-likeness (QED) is 0.740. The van der Waals surface area contributed by atoms with Crippen molar-refractivity contribution < 1.29 is 8.42 Å². The summed E-state index contributed by atoms with van der Waals surface area (Å²) in [4.78, 5) is 0. The fraction of sp³-hybridized carbons (Fsp3) is 1.00. The summed E-state index contributed by atoms with van der Waals surface area (Å²) in [6.45, 7) is 1.22. The molecule has 0 spiro atoms. The van der Waals surface area contributed by atoms with E-state index in [-0.39, 0.29) is 5.75 Å². The van der Waals surface area contributed by atoms with Crippen LogP contribution in [-0.2, 0) is 10.0 Å². The average molecular weight is 292 g/mol. The summed E-state index contributed by atoms with van der Waals surface area (Å²) in [5.74, 6) is 3.16. The van der Waals surface area contributed by atoms with Crippen molar-refractivity contribution in [2.45, 2.75) is 38.1 Å². The third kappa shape index (κ3) is 5.07. The van der Waals surface area contributed by atoms with Crippen LogP contribution in [0.2, 0.25) is 0 Å². The SMILES string of the molecule is O=S(=O)(CCN[C@H]1CCCSC1)NCC1CCC1. The van der Waals surface area contributed by atoms with Crippen LogP contribution in [-0.4, -0.2) is 44.8 Å². The predicted octanol–water partition coefficient (Wildman–Crippen LogP) is 1.19. The molecule has 1 saturated heterocycles. The lowest BCUT2D eigenvalue weighted by Crippen LogP contribution is -2.40. The van der Waals surface area contributed by atoms with E-state index < -0.39 is 10.0 Å². The van der Waals surface area contributed by atoms with Gasteiger partial charge in [-0.25, -0.2) is 13.1 Å². The Bertz CT molecular complexity index is 336. The Hall–Kier alpha value is 0.220. The zero-order chi connectivity index (χ0) is 12.8. The first-order valence-electron chi connectivity index (χ1n) is 6.94. The summed E-state index contributed by atoms with van der Waals surface area (Å²) in [5, 5.41) is 3.35. The number of thioether (sulfide) groups is 1. The minimum atomic E-state index is -3.07. The third-order valence-electron chi connectivity index (χ3n) is 3.78. The topological polar surface area (TPSA) is 58.2 Å². The van der Waals surface area contributed by atoms with Crippen LogP contribution in [0.4, 0.5) is 0 Å². The van der Waals surface area contributed by atoms with Gasteiger partial charge in [-0.2, -0.15) is 11.8 Å². The molecule has 0 amide bonds. The lowest BCUT2D eigenvalue weighted by molar-refractivity contribution is 0.316. The summed E-state index contributed by atoms with van der Waals surface area (Å²) in [6.07, 6.45) is 6.05. The Labute approximate surface area is 115 Å². The van der Waals surface area contributed by atoms with E-state index >= 15 is 0 Å². The summed E-state index contributed by atoms with van der Waals surface area (Å²) in [7, 11) is -3.07. The van der Waals surface area contributed by atoms with Crippen LogP contribution in [0.5, 0.6) is 0 Å². The van der Waals surface area contributed by atoms with Gasteiger partial charge in [0, 0.05) is 24.9 Å². The molecule has 1 aliphatic heterocycles. The fourth-order valence-corrected chi connectivity index (χ4v) is 4.44. The van der Waals surface area contributed by atoms with Crippen LogP contribution < -0.4 is 10.0 Å². The maximum atomic E-state index is 11.8. The lowest BCUT2D eigenvalue weighted by Gasteiger charge is -2.25. The van der Waals surface area contributed by atoms with Gasteiger partial charge in [0.2, 0.25) is 10.0 Å². The molecule has 1 aliphatic carbocycles. The van der Waals surface area contributed by atoms with Crippen molar-refractivity contribution in [2.24, 2.45) is 5.92 Å². The number of hydrogen-bond acceptors (Lipinski definition) is 4. The molecule has 1 heterocycles. The molecule has 0 bridgehead atoms. The number of nitrogens with one attached hydrogen (secondary N) is 2. The molecule has 18 heavy (non-hydrogen) atoms. The van der Waals surface area contributed by atoms with Crippen LogP contribution in [0.15, 0.2) is 0 Å². The Morgan fingerprint density at radius 3 is 2.61 bits per heavy atom. The van der Waals surface area contributed by atoms with Gasteiger partial charge in [0.15, 0.2) is 0 Å². The second kappa shape index (κ2) is 7.12.